The summed E-state index contributed by atoms with van der Waals surface area (Å²) in [6, 6.07) is 24.6. The third-order valence-corrected chi connectivity index (χ3v) is 6.11. The van der Waals surface area contributed by atoms with Crippen molar-refractivity contribution in [3.05, 3.63) is 131 Å². The van der Waals surface area contributed by atoms with Crippen LogP contribution in [0.3, 0.4) is 0 Å². The number of Topliss-reactive ketones (excluding diaryl/α,β-unsaturated/α-hetero) is 2. The fourth-order valence-electron chi connectivity index (χ4n) is 4.56. The fourth-order valence-corrected chi connectivity index (χ4v) is 4.56. The molecule has 0 saturated carbocycles. The van der Waals surface area contributed by atoms with Gasteiger partial charge in [-0.3, -0.25) is 29.3 Å². The molecule has 0 aliphatic carbocycles. The molecular formula is C28H18N4O3. The Morgan fingerprint density at radius 1 is 0.657 bits per heavy atom. The molecule has 1 amide bonds. The summed E-state index contributed by atoms with van der Waals surface area (Å²) in [6.07, 6.45) is 3.20. The highest BCUT2D eigenvalue weighted by Gasteiger charge is 2.45. The van der Waals surface area contributed by atoms with E-state index >= 15 is 0 Å². The Morgan fingerprint density at radius 2 is 1.26 bits per heavy atom. The van der Waals surface area contributed by atoms with E-state index in [2.05, 4.69) is 9.97 Å². The Morgan fingerprint density at radius 3 is 1.94 bits per heavy atom. The number of aromatic nitrogens is 2. The van der Waals surface area contributed by atoms with Crippen molar-refractivity contribution in [1.29, 1.82) is 0 Å². The molecule has 0 atom stereocenters. The molecular weight excluding hydrogens is 440 g/mol. The predicted octanol–water partition coefficient (Wildman–Crippen LogP) is 4.43. The molecule has 0 spiro atoms. The summed E-state index contributed by atoms with van der Waals surface area (Å²) >= 11 is 0. The number of anilines is 2. The Labute approximate surface area is 201 Å². The molecule has 7 nitrogen and oxygen atoms in total. The van der Waals surface area contributed by atoms with Crippen LogP contribution in [0.25, 0.3) is 0 Å². The van der Waals surface area contributed by atoms with E-state index in [4.69, 9.17) is 0 Å². The standard InChI is InChI=1S/C28H18N4O3/c33-26-19-10-1-3-13-22(19)31(17-18-9-5-7-15-29-18)24(26)25-27(34)20-11-2-4-14-23(20)32(25)28(35)21-12-6-8-16-30-21/h1-16H,17H2/b25-24+. The van der Waals surface area contributed by atoms with Gasteiger partial charge in [-0.2, -0.15) is 0 Å². The van der Waals surface area contributed by atoms with E-state index in [1.807, 2.05) is 30.3 Å². The maximum absolute atomic E-state index is 13.8. The second-order valence-electron chi connectivity index (χ2n) is 8.15. The van der Waals surface area contributed by atoms with Crippen LogP contribution < -0.4 is 9.80 Å². The predicted molar refractivity (Wildman–Crippen MR) is 130 cm³/mol. The van der Waals surface area contributed by atoms with Gasteiger partial charge in [0, 0.05) is 23.5 Å². The van der Waals surface area contributed by atoms with Crippen molar-refractivity contribution in [3.63, 3.8) is 0 Å². The van der Waals surface area contributed by atoms with Gasteiger partial charge >= 0.3 is 0 Å². The molecule has 0 radical (unpaired) electrons. The number of fused-ring (bicyclic) bond motifs is 2. The minimum Gasteiger partial charge on any atom is -0.330 e. The Hall–Kier alpha value is -4.91. The number of ketones is 2. The SMILES string of the molecule is O=C1/C(=C2/C(=O)c3ccccc3N2C(=O)c2ccccn2)N(Cc2ccccn2)c2ccccc21. The van der Waals surface area contributed by atoms with E-state index in [0.29, 0.717) is 22.5 Å². The number of carbonyl (C=O) groups excluding carboxylic acids is 3. The van der Waals surface area contributed by atoms with E-state index in [1.165, 1.54) is 11.1 Å². The molecule has 0 unspecified atom stereocenters. The van der Waals surface area contributed by atoms with Crippen LogP contribution in [0.4, 0.5) is 11.4 Å². The second-order valence-corrected chi connectivity index (χ2v) is 8.15. The van der Waals surface area contributed by atoms with Gasteiger partial charge < -0.3 is 4.90 Å². The summed E-state index contributed by atoms with van der Waals surface area (Å²) in [5, 5.41) is 0. The topological polar surface area (TPSA) is 83.5 Å². The van der Waals surface area contributed by atoms with Crippen molar-refractivity contribution in [1.82, 2.24) is 9.97 Å². The molecule has 0 fully saturated rings. The average molecular weight is 458 g/mol. The number of hydrogen-bond acceptors (Lipinski definition) is 6. The molecule has 2 aromatic heterocycles. The minimum absolute atomic E-state index is 0.0268. The summed E-state index contributed by atoms with van der Waals surface area (Å²) < 4.78 is 0. The molecule has 2 aromatic carbocycles. The maximum atomic E-state index is 13.8. The van der Waals surface area contributed by atoms with Gasteiger partial charge in [0.2, 0.25) is 11.6 Å². The lowest BCUT2D eigenvalue weighted by Gasteiger charge is -2.25. The van der Waals surface area contributed by atoms with Gasteiger partial charge in [0.05, 0.1) is 23.6 Å². The summed E-state index contributed by atoms with van der Waals surface area (Å²) in [5.74, 6) is -1.17. The lowest BCUT2D eigenvalue weighted by atomic mass is 10.1. The lowest BCUT2D eigenvalue weighted by Crippen LogP contribution is -2.34. The minimum atomic E-state index is -0.479. The van der Waals surface area contributed by atoms with Crippen molar-refractivity contribution in [2.45, 2.75) is 6.54 Å². The molecule has 0 saturated heterocycles. The first-order valence-corrected chi connectivity index (χ1v) is 11.1. The van der Waals surface area contributed by atoms with Crippen LogP contribution in [-0.4, -0.2) is 27.4 Å². The molecule has 2 aliphatic heterocycles. The zero-order valence-corrected chi connectivity index (χ0v) is 18.5. The number of amides is 1. The zero-order chi connectivity index (χ0) is 23.9. The third-order valence-electron chi connectivity index (χ3n) is 6.11. The maximum Gasteiger partial charge on any atom is 0.281 e. The van der Waals surface area contributed by atoms with Crippen molar-refractivity contribution < 1.29 is 14.4 Å². The van der Waals surface area contributed by atoms with Gasteiger partial charge in [-0.15, -0.1) is 0 Å². The van der Waals surface area contributed by atoms with Crippen LogP contribution in [0.1, 0.15) is 36.9 Å². The van der Waals surface area contributed by atoms with Gasteiger partial charge in [0.25, 0.3) is 5.91 Å². The Balaban J connectivity index is 1.59. The summed E-state index contributed by atoms with van der Waals surface area (Å²) in [7, 11) is 0. The van der Waals surface area contributed by atoms with Gasteiger partial charge in [-0.05, 0) is 48.5 Å². The summed E-state index contributed by atoms with van der Waals surface area (Å²) in [6.45, 7) is 0.262. The lowest BCUT2D eigenvalue weighted by molar-refractivity contribution is 0.0965. The first-order chi connectivity index (χ1) is 17.1. The number of allylic oxidation sites excluding steroid dienone is 2. The molecule has 4 heterocycles. The largest absolute Gasteiger partial charge is 0.330 e. The van der Waals surface area contributed by atoms with Crippen molar-refractivity contribution in [3.8, 4) is 0 Å². The third kappa shape index (κ3) is 3.25. The molecule has 2 aliphatic rings. The van der Waals surface area contributed by atoms with Gasteiger partial charge in [0.1, 0.15) is 17.1 Å². The first-order valence-electron chi connectivity index (χ1n) is 11.1. The smallest absolute Gasteiger partial charge is 0.281 e. The molecule has 168 valence electrons. The van der Waals surface area contributed by atoms with Crippen LogP contribution in [0.5, 0.6) is 0 Å². The quantitative estimate of drug-likeness (QED) is 0.422. The Bertz CT molecular complexity index is 1530. The Kier molecular flexibility index (Phi) is 4.81. The van der Waals surface area contributed by atoms with Crippen LogP contribution >= 0.6 is 0 Å². The first kappa shape index (κ1) is 20.7. The van der Waals surface area contributed by atoms with Crippen molar-refractivity contribution in [2.24, 2.45) is 0 Å². The zero-order valence-electron chi connectivity index (χ0n) is 18.5. The highest BCUT2D eigenvalue weighted by molar-refractivity contribution is 6.32. The number of nitrogens with zero attached hydrogens (tertiary/aromatic N) is 4. The monoisotopic (exact) mass is 458 g/mol. The molecule has 35 heavy (non-hydrogen) atoms. The number of para-hydroxylation sites is 2. The average Bonchev–Trinajstić information content (AvgIpc) is 3.35. The van der Waals surface area contributed by atoms with Crippen LogP contribution in [0.15, 0.2) is 109 Å². The number of hydrogen-bond donors (Lipinski definition) is 0. The van der Waals surface area contributed by atoms with Crippen LogP contribution in [-0.2, 0) is 6.54 Å². The molecule has 0 N–H and O–H groups in total. The number of carbonyl (C=O) groups is 3. The van der Waals surface area contributed by atoms with E-state index in [-0.39, 0.29) is 35.2 Å². The van der Waals surface area contributed by atoms with E-state index < -0.39 is 5.91 Å². The van der Waals surface area contributed by atoms with Crippen molar-refractivity contribution >= 4 is 28.8 Å². The normalized spacial score (nSPS) is 16.5. The second kappa shape index (κ2) is 8.14. The van der Waals surface area contributed by atoms with Crippen LogP contribution in [0.2, 0.25) is 0 Å². The summed E-state index contributed by atoms with van der Waals surface area (Å²) in [4.78, 5) is 52.9. The van der Waals surface area contributed by atoms with E-state index in [1.54, 1.807) is 65.7 Å². The van der Waals surface area contributed by atoms with Crippen molar-refractivity contribution in [2.75, 3.05) is 9.80 Å². The molecule has 0 bridgehead atoms. The summed E-state index contributed by atoms with van der Waals surface area (Å²) in [5.41, 5.74) is 3.01. The van der Waals surface area contributed by atoms with E-state index in [0.717, 1.165) is 5.69 Å². The molecule has 7 heteroatoms. The van der Waals surface area contributed by atoms with E-state index in [9.17, 15) is 14.4 Å². The highest BCUT2D eigenvalue weighted by atomic mass is 16.2. The molecule has 6 rings (SSSR count). The number of rotatable bonds is 3. The number of benzene rings is 2. The van der Waals surface area contributed by atoms with Gasteiger partial charge in [0.15, 0.2) is 0 Å². The van der Waals surface area contributed by atoms with Gasteiger partial charge in [-0.25, -0.2) is 0 Å². The molecule has 4 aromatic rings. The van der Waals surface area contributed by atoms with Crippen LogP contribution in [0, 0.1) is 0 Å². The highest BCUT2D eigenvalue weighted by Crippen LogP contribution is 2.43. The number of pyridine rings is 2. The van der Waals surface area contributed by atoms with Gasteiger partial charge in [-0.1, -0.05) is 36.4 Å². The fraction of sp³-hybridized carbons (Fsp3) is 0.0357.